The topological polar surface area (TPSA) is 63.3 Å². The van der Waals surface area contributed by atoms with Gasteiger partial charge in [-0.2, -0.15) is 5.10 Å². The van der Waals surface area contributed by atoms with Gasteiger partial charge in [0.15, 0.2) is 0 Å². The number of carbonyl (C=O) groups is 1. The van der Waals surface area contributed by atoms with E-state index in [2.05, 4.69) is 23.4 Å². The normalized spacial score (nSPS) is 22.0. The smallest absolute Gasteiger partial charge is 0.318 e. The molecular weight excluding hydrogens is 316 g/mol. The van der Waals surface area contributed by atoms with Gasteiger partial charge in [0.2, 0.25) is 0 Å². The van der Waals surface area contributed by atoms with Crippen LogP contribution in [-0.4, -0.2) is 33.3 Å². The lowest BCUT2D eigenvalue weighted by Gasteiger charge is -2.21. The zero-order valence-corrected chi connectivity index (χ0v) is 14.7. The van der Waals surface area contributed by atoms with Gasteiger partial charge in [-0.05, 0) is 49.8 Å². The molecule has 2 heterocycles. The molecular formula is C19H26N4O2. The van der Waals surface area contributed by atoms with E-state index in [9.17, 15) is 4.79 Å². The number of hydrogen-bond donors (Lipinski definition) is 1. The minimum absolute atomic E-state index is 0.0145. The second kappa shape index (κ2) is 6.94. The van der Waals surface area contributed by atoms with E-state index in [1.54, 1.807) is 6.20 Å². The minimum atomic E-state index is 0.0145. The van der Waals surface area contributed by atoms with Gasteiger partial charge in [0.25, 0.3) is 0 Å². The van der Waals surface area contributed by atoms with Gasteiger partial charge < -0.3 is 14.6 Å². The zero-order chi connectivity index (χ0) is 17.2. The third-order valence-electron chi connectivity index (χ3n) is 5.13. The van der Waals surface area contributed by atoms with Crippen LogP contribution in [0.3, 0.4) is 0 Å². The highest BCUT2D eigenvalue weighted by molar-refractivity contribution is 5.74. The first-order chi connectivity index (χ1) is 12.2. The molecule has 134 valence electrons. The summed E-state index contributed by atoms with van der Waals surface area (Å²) in [5.41, 5.74) is 0. The van der Waals surface area contributed by atoms with Gasteiger partial charge in [0.05, 0.1) is 6.54 Å². The molecule has 0 aromatic carbocycles. The predicted molar refractivity (Wildman–Crippen MR) is 94.0 cm³/mol. The maximum Gasteiger partial charge on any atom is 0.318 e. The number of aryl methyl sites for hydroxylation is 1. The van der Waals surface area contributed by atoms with Gasteiger partial charge in [-0.25, -0.2) is 4.79 Å². The average Bonchev–Trinajstić information content (AvgIpc) is 3.46. The highest BCUT2D eigenvalue weighted by atomic mass is 16.3. The molecule has 0 unspecified atom stereocenters. The Balaban J connectivity index is 1.27. The molecule has 2 amide bonds. The van der Waals surface area contributed by atoms with E-state index in [0.29, 0.717) is 25.0 Å². The van der Waals surface area contributed by atoms with Crippen LogP contribution in [0.4, 0.5) is 4.79 Å². The Bertz CT molecular complexity index is 705. The van der Waals surface area contributed by atoms with E-state index in [0.717, 1.165) is 43.2 Å². The van der Waals surface area contributed by atoms with Crippen LogP contribution in [0.5, 0.6) is 0 Å². The number of furan rings is 1. The summed E-state index contributed by atoms with van der Waals surface area (Å²) in [6.07, 6.45) is 7.98. The summed E-state index contributed by atoms with van der Waals surface area (Å²) in [5, 5.41) is 7.21. The van der Waals surface area contributed by atoms with Crippen molar-refractivity contribution in [2.24, 2.45) is 5.92 Å². The van der Waals surface area contributed by atoms with Crippen LogP contribution in [0.25, 0.3) is 0 Å². The molecule has 2 atom stereocenters. The van der Waals surface area contributed by atoms with Crippen molar-refractivity contribution in [1.29, 1.82) is 0 Å². The highest BCUT2D eigenvalue weighted by Gasteiger charge is 2.37. The van der Waals surface area contributed by atoms with E-state index in [1.807, 2.05) is 27.9 Å². The zero-order valence-electron chi connectivity index (χ0n) is 14.7. The number of hydrogen-bond acceptors (Lipinski definition) is 3. The maximum absolute atomic E-state index is 12.5. The number of rotatable bonds is 8. The Morgan fingerprint density at radius 3 is 2.96 bits per heavy atom. The molecule has 6 nitrogen and oxygen atoms in total. The highest BCUT2D eigenvalue weighted by Crippen LogP contribution is 2.47. The summed E-state index contributed by atoms with van der Waals surface area (Å²) in [6.45, 7) is 4.29. The molecule has 25 heavy (non-hydrogen) atoms. The second-order valence-corrected chi connectivity index (χ2v) is 7.34. The molecule has 2 aromatic rings. The van der Waals surface area contributed by atoms with Crippen molar-refractivity contribution in [3.05, 3.63) is 42.1 Å². The van der Waals surface area contributed by atoms with Crippen molar-refractivity contribution in [3.8, 4) is 0 Å². The molecule has 0 spiro atoms. The van der Waals surface area contributed by atoms with Gasteiger partial charge in [-0.15, -0.1) is 0 Å². The van der Waals surface area contributed by atoms with Crippen LogP contribution in [0.2, 0.25) is 0 Å². The minimum Gasteiger partial charge on any atom is -0.464 e. The third kappa shape index (κ3) is 4.06. The number of urea groups is 1. The lowest BCUT2D eigenvalue weighted by molar-refractivity contribution is 0.186. The molecule has 0 aliphatic heterocycles. The van der Waals surface area contributed by atoms with Crippen molar-refractivity contribution in [2.45, 2.75) is 57.7 Å². The second-order valence-electron chi connectivity index (χ2n) is 7.34. The first-order valence-corrected chi connectivity index (χ1v) is 9.31. The number of nitrogens with zero attached hydrogens (tertiary/aromatic N) is 3. The van der Waals surface area contributed by atoms with Gasteiger partial charge in [-0.3, -0.25) is 4.68 Å². The third-order valence-corrected chi connectivity index (χ3v) is 5.13. The Kier molecular flexibility index (Phi) is 4.51. The van der Waals surface area contributed by atoms with Crippen LogP contribution in [-0.2, 0) is 13.1 Å². The van der Waals surface area contributed by atoms with E-state index >= 15 is 0 Å². The Morgan fingerprint density at radius 1 is 1.44 bits per heavy atom. The SMILES string of the molecule is C[C@H]1C[C@H]1c1ccc(CN(C(=O)NCCCn2cccn2)C2CC2)o1. The quantitative estimate of drug-likeness (QED) is 0.748. The molecule has 1 N–H and O–H groups in total. The Morgan fingerprint density at radius 2 is 2.28 bits per heavy atom. The molecule has 2 fully saturated rings. The maximum atomic E-state index is 12.5. The monoisotopic (exact) mass is 342 g/mol. The van der Waals surface area contributed by atoms with Gasteiger partial charge >= 0.3 is 6.03 Å². The first-order valence-electron chi connectivity index (χ1n) is 9.31. The van der Waals surface area contributed by atoms with E-state index in [4.69, 9.17) is 4.42 Å². The van der Waals surface area contributed by atoms with Crippen molar-refractivity contribution >= 4 is 6.03 Å². The van der Waals surface area contributed by atoms with Gasteiger partial charge in [0.1, 0.15) is 11.5 Å². The predicted octanol–water partition coefficient (Wildman–Crippen LogP) is 3.36. The molecule has 0 radical (unpaired) electrons. The van der Waals surface area contributed by atoms with Crippen molar-refractivity contribution in [3.63, 3.8) is 0 Å². The molecule has 2 aliphatic rings. The Hall–Kier alpha value is -2.24. The van der Waals surface area contributed by atoms with Crippen molar-refractivity contribution in [1.82, 2.24) is 20.0 Å². The Labute approximate surface area is 148 Å². The fourth-order valence-corrected chi connectivity index (χ4v) is 3.29. The largest absolute Gasteiger partial charge is 0.464 e. The summed E-state index contributed by atoms with van der Waals surface area (Å²) in [7, 11) is 0. The van der Waals surface area contributed by atoms with E-state index < -0.39 is 0 Å². The molecule has 2 aromatic heterocycles. The average molecular weight is 342 g/mol. The van der Waals surface area contributed by atoms with E-state index in [1.165, 1.54) is 6.42 Å². The molecule has 4 rings (SSSR count). The summed E-state index contributed by atoms with van der Waals surface area (Å²) < 4.78 is 7.86. The van der Waals surface area contributed by atoms with Crippen LogP contribution < -0.4 is 5.32 Å². The fraction of sp³-hybridized carbons (Fsp3) is 0.579. The molecule has 0 bridgehead atoms. The standard InChI is InChI=1S/C19H26N4O2/c1-14-12-17(14)18-7-6-16(25-18)13-23(15-4-5-15)19(24)20-8-2-10-22-11-3-9-21-22/h3,6-7,9,11,14-15,17H,2,4-5,8,10,12-13H2,1H3,(H,20,24)/t14-,17+/m0/s1. The molecule has 6 heteroatoms. The van der Waals surface area contributed by atoms with Gasteiger partial charge in [-0.1, -0.05) is 6.92 Å². The first kappa shape index (κ1) is 16.2. The summed E-state index contributed by atoms with van der Waals surface area (Å²) >= 11 is 0. The number of aromatic nitrogens is 2. The fourth-order valence-electron chi connectivity index (χ4n) is 3.29. The number of amides is 2. The van der Waals surface area contributed by atoms with Crippen LogP contribution in [0.1, 0.15) is 50.0 Å². The summed E-state index contributed by atoms with van der Waals surface area (Å²) in [5.74, 6) is 3.29. The van der Waals surface area contributed by atoms with Crippen molar-refractivity contribution < 1.29 is 9.21 Å². The van der Waals surface area contributed by atoms with Crippen molar-refractivity contribution in [2.75, 3.05) is 6.54 Å². The molecule has 0 saturated heterocycles. The van der Waals surface area contributed by atoms with Crippen LogP contribution in [0.15, 0.2) is 35.0 Å². The number of nitrogens with one attached hydrogen (secondary N) is 1. The molecule has 2 saturated carbocycles. The molecule has 2 aliphatic carbocycles. The summed E-state index contributed by atoms with van der Waals surface area (Å²) in [6, 6.07) is 6.39. The lowest BCUT2D eigenvalue weighted by Crippen LogP contribution is -2.41. The lowest BCUT2D eigenvalue weighted by atomic mass is 10.3. The van der Waals surface area contributed by atoms with Crippen LogP contribution >= 0.6 is 0 Å². The summed E-state index contributed by atoms with van der Waals surface area (Å²) in [4.78, 5) is 14.5. The van der Waals surface area contributed by atoms with Gasteiger partial charge in [0, 0.05) is 37.4 Å². The van der Waals surface area contributed by atoms with E-state index in [-0.39, 0.29) is 6.03 Å². The number of carbonyl (C=O) groups excluding carboxylic acids is 1. The van der Waals surface area contributed by atoms with Crippen LogP contribution in [0, 0.1) is 5.92 Å².